The summed E-state index contributed by atoms with van der Waals surface area (Å²) in [6, 6.07) is 10.9. The second-order valence-corrected chi connectivity index (χ2v) is 7.41. The van der Waals surface area contributed by atoms with E-state index in [1.807, 2.05) is 25.1 Å². The van der Waals surface area contributed by atoms with Crippen LogP contribution >= 0.6 is 22.9 Å². The minimum absolute atomic E-state index is 0.0346. The number of nitrogens with one attached hydrogen (secondary N) is 1. The number of benzene rings is 2. The Morgan fingerprint density at radius 2 is 2.07 bits per heavy atom. The molecule has 0 spiro atoms. The fourth-order valence-electron chi connectivity index (χ4n) is 2.70. The zero-order valence-corrected chi connectivity index (χ0v) is 16.4. The number of aromatic nitrogens is 3. The molecule has 0 saturated carbocycles. The molecule has 0 aliphatic carbocycles. The molecular weight excluding hydrogens is 403 g/mol. The summed E-state index contributed by atoms with van der Waals surface area (Å²) in [6.45, 7) is 1.81. The standard InChI is InChI=1S/C19H14ClFN4O2S/c1-10-7-17(23-18(26)13-5-3-11(21)8-14(13)20)25(24-10)19-22-15-6-4-12(27-2)9-16(15)28-19/h3-9H,1-2H3,(H,23,26). The molecule has 0 radical (unpaired) electrons. The summed E-state index contributed by atoms with van der Waals surface area (Å²) in [7, 11) is 1.61. The Kier molecular flexibility index (Phi) is 4.74. The van der Waals surface area contributed by atoms with Crippen LogP contribution in [0.25, 0.3) is 15.3 Å². The van der Waals surface area contributed by atoms with E-state index < -0.39 is 11.7 Å². The maximum atomic E-state index is 13.2. The highest BCUT2D eigenvalue weighted by molar-refractivity contribution is 7.20. The average Bonchev–Trinajstić information content (AvgIpc) is 3.23. The number of carbonyl (C=O) groups excluding carboxylic acids is 1. The number of anilines is 1. The molecule has 9 heteroatoms. The van der Waals surface area contributed by atoms with Crippen molar-refractivity contribution in [2.75, 3.05) is 12.4 Å². The molecule has 28 heavy (non-hydrogen) atoms. The number of amides is 1. The van der Waals surface area contributed by atoms with Gasteiger partial charge in [-0.2, -0.15) is 9.78 Å². The second kappa shape index (κ2) is 7.21. The van der Waals surface area contributed by atoms with Crippen LogP contribution < -0.4 is 10.1 Å². The molecule has 2 aromatic heterocycles. The molecule has 0 aliphatic heterocycles. The Bertz CT molecular complexity index is 1200. The van der Waals surface area contributed by atoms with Gasteiger partial charge < -0.3 is 10.1 Å². The van der Waals surface area contributed by atoms with Gasteiger partial charge in [-0.3, -0.25) is 4.79 Å². The topological polar surface area (TPSA) is 69.0 Å². The third kappa shape index (κ3) is 3.44. The molecule has 0 aliphatic rings. The molecule has 0 saturated heterocycles. The van der Waals surface area contributed by atoms with Crippen molar-refractivity contribution in [1.29, 1.82) is 0 Å². The minimum Gasteiger partial charge on any atom is -0.497 e. The summed E-state index contributed by atoms with van der Waals surface area (Å²) < 4.78 is 21.0. The van der Waals surface area contributed by atoms with Crippen molar-refractivity contribution >= 4 is 44.9 Å². The van der Waals surface area contributed by atoms with Gasteiger partial charge in [-0.25, -0.2) is 9.37 Å². The Hall–Kier alpha value is -2.97. The number of hydrogen-bond donors (Lipinski definition) is 1. The first-order valence-electron chi connectivity index (χ1n) is 8.22. The summed E-state index contributed by atoms with van der Waals surface area (Å²) in [5.74, 6) is 0.203. The number of methoxy groups -OCH3 is 1. The van der Waals surface area contributed by atoms with Gasteiger partial charge in [0.2, 0.25) is 5.13 Å². The Morgan fingerprint density at radius 3 is 2.82 bits per heavy atom. The van der Waals surface area contributed by atoms with Crippen molar-refractivity contribution in [2.45, 2.75) is 6.92 Å². The Balaban J connectivity index is 1.70. The van der Waals surface area contributed by atoms with Gasteiger partial charge in [0.05, 0.1) is 33.6 Å². The van der Waals surface area contributed by atoms with Gasteiger partial charge in [0.25, 0.3) is 5.91 Å². The molecule has 2 aromatic carbocycles. The normalized spacial score (nSPS) is 11.0. The third-order valence-electron chi connectivity index (χ3n) is 4.01. The molecule has 4 rings (SSSR count). The number of rotatable bonds is 4. The molecule has 1 N–H and O–H groups in total. The van der Waals surface area contributed by atoms with Crippen LogP contribution in [0.4, 0.5) is 10.2 Å². The van der Waals surface area contributed by atoms with E-state index in [1.54, 1.807) is 17.9 Å². The maximum Gasteiger partial charge on any atom is 0.258 e. The van der Waals surface area contributed by atoms with Crippen LogP contribution in [0, 0.1) is 12.7 Å². The van der Waals surface area contributed by atoms with Gasteiger partial charge in [-0.1, -0.05) is 22.9 Å². The van der Waals surface area contributed by atoms with E-state index in [2.05, 4.69) is 15.4 Å². The van der Waals surface area contributed by atoms with Crippen molar-refractivity contribution in [3.63, 3.8) is 0 Å². The van der Waals surface area contributed by atoms with E-state index in [4.69, 9.17) is 16.3 Å². The first kappa shape index (κ1) is 18.4. The highest BCUT2D eigenvalue weighted by atomic mass is 35.5. The first-order chi connectivity index (χ1) is 13.4. The van der Waals surface area contributed by atoms with E-state index >= 15 is 0 Å². The van der Waals surface area contributed by atoms with E-state index in [-0.39, 0.29) is 10.6 Å². The fourth-order valence-corrected chi connectivity index (χ4v) is 3.91. The number of carbonyl (C=O) groups is 1. The lowest BCUT2D eigenvalue weighted by molar-refractivity contribution is 0.102. The van der Waals surface area contributed by atoms with Crippen LogP contribution in [0.2, 0.25) is 5.02 Å². The molecule has 0 fully saturated rings. The summed E-state index contributed by atoms with van der Waals surface area (Å²) in [5.41, 5.74) is 1.67. The smallest absolute Gasteiger partial charge is 0.258 e. The van der Waals surface area contributed by atoms with Crippen molar-refractivity contribution in [3.8, 4) is 10.9 Å². The molecule has 2 heterocycles. The first-order valence-corrected chi connectivity index (χ1v) is 9.42. The molecular formula is C19H14ClFN4O2S. The van der Waals surface area contributed by atoms with E-state index in [1.165, 1.54) is 23.5 Å². The van der Waals surface area contributed by atoms with Crippen LogP contribution in [0.15, 0.2) is 42.5 Å². The van der Waals surface area contributed by atoms with Gasteiger partial charge in [-0.05, 0) is 43.3 Å². The SMILES string of the molecule is COc1ccc2nc(-n3nc(C)cc3NC(=O)c3ccc(F)cc3Cl)sc2c1. The predicted octanol–water partition coefficient (Wildman–Crippen LogP) is 4.84. The Morgan fingerprint density at radius 1 is 1.25 bits per heavy atom. The van der Waals surface area contributed by atoms with Crippen LogP contribution in [-0.4, -0.2) is 27.8 Å². The summed E-state index contributed by atoms with van der Waals surface area (Å²) in [6.07, 6.45) is 0. The average molecular weight is 417 g/mol. The van der Waals surface area contributed by atoms with Gasteiger partial charge in [0.15, 0.2) is 0 Å². The number of ether oxygens (including phenoxy) is 1. The largest absolute Gasteiger partial charge is 0.497 e. The lowest BCUT2D eigenvalue weighted by Crippen LogP contribution is -2.15. The van der Waals surface area contributed by atoms with E-state index in [0.29, 0.717) is 16.6 Å². The molecule has 6 nitrogen and oxygen atoms in total. The monoisotopic (exact) mass is 416 g/mol. The Labute approximate surface area is 168 Å². The lowest BCUT2D eigenvalue weighted by atomic mass is 10.2. The molecule has 4 aromatic rings. The van der Waals surface area contributed by atoms with E-state index in [0.717, 1.165) is 22.0 Å². The van der Waals surface area contributed by atoms with Crippen molar-refractivity contribution in [1.82, 2.24) is 14.8 Å². The van der Waals surface area contributed by atoms with Gasteiger partial charge in [0, 0.05) is 6.07 Å². The summed E-state index contributed by atoms with van der Waals surface area (Å²) in [5, 5.41) is 7.83. The zero-order chi connectivity index (χ0) is 19.8. The number of thiazole rings is 1. The van der Waals surface area contributed by atoms with Gasteiger partial charge >= 0.3 is 0 Å². The van der Waals surface area contributed by atoms with Crippen molar-refractivity contribution in [3.05, 3.63) is 64.6 Å². The van der Waals surface area contributed by atoms with Crippen LogP contribution in [0.1, 0.15) is 16.1 Å². The highest BCUT2D eigenvalue weighted by Gasteiger charge is 2.17. The van der Waals surface area contributed by atoms with Gasteiger partial charge in [0.1, 0.15) is 17.4 Å². The number of fused-ring (bicyclic) bond motifs is 1. The molecule has 1 amide bonds. The minimum atomic E-state index is -0.507. The fraction of sp³-hybridized carbons (Fsp3) is 0.105. The summed E-state index contributed by atoms with van der Waals surface area (Å²) >= 11 is 7.41. The quantitative estimate of drug-likeness (QED) is 0.516. The molecule has 0 atom stereocenters. The number of halogens is 2. The lowest BCUT2D eigenvalue weighted by Gasteiger charge is -2.07. The number of hydrogen-bond acceptors (Lipinski definition) is 5. The summed E-state index contributed by atoms with van der Waals surface area (Å²) in [4.78, 5) is 17.2. The molecule has 0 bridgehead atoms. The number of nitrogens with zero attached hydrogens (tertiary/aromatic N) is 3. The van der Waals surface area contributed by atoms with Crippen LogP contribution in [0.5, 0.6) is 5.75 Å². The molecule has 0 unspecified atom stereocenters. The van der Waals surface area contributed by atoms with Crippen LogP contribution in [0.3, 0.4) is 0 Å². The predicted molar refractivity (Wildman–Crippen MR) is 107 cm³/mol. The van der Waals surface area contributed by atoms with Crippen molar-refractivity contribution in [2.24, 2.45) is 0 Å². The molecule has 142 valence electrons. The van der Waals surface area contributed by atoms with Gasteiger partial charge in [-0.15, -0.1) is 0 Å². The highest BCUT2D eigenvalue weighted by Crippen LogP contribution is 2.30. The zero-order valence-electron chi connectivity index (χ0n) is 14.9. The third-order valence-corrected chi connectivity index (χ3v) is 5.32. The maximum absolute atomic E-state index is 13.2. The van der Waals surface area contributed by atoms with Crippen LogP contribution in [-0.2, 0) is 0 Å². The van der Waals surface area contributed by atoms with Crippen molar-refractivity contribution < 1.29 is 13.9 Å². The second-order valence-electron chi connectivity index (χ2n) is 5.99. The number of aryl methyl sites for hydroxylation is 1. The van der Waals surface area contributed by atoms with E-state index in [9.17, 15) is 9.18 Å².